The first kappa shape index (κ1) is 10.9. The molecular formula is C8H20N2O. The van der Waals surface area contributed by atoms with Crippen molar-refractivity contribution in [1.29, 1.82) is 0 Å². The minimum absolute atomic E-state index is 0.358. The molecule has 11 heavy (non-hydrogen) atoms. The van der Waals surface area contributed by atoms with Gasteiger partial charge in [-0.25, -0.2) is 0 Å². The molecule has 0 aliphatic rings. The number of nitrogens with two attached hydrogens (primary N) is 1. The minimum atomic E-state index is -0.364. The van der Waals surface area contributed by atoms with E-state index < -0.39 is 0 Å². The first-order valence-electron chi connectivity index (χ1n) is 4.27. The second-order valence-electron chi connectivity index (χ2n) is 3.01. The van der Waals surface area contributed by atoms with Crippen LogP contribution in [0.1, 0.15) is 19.8 Å². The maximum Gasteiger partial charge on any atom is 0.0788 e. The molecule has 0 aliphatic heterocycles. The molecule has 0 spiro atoms. The van der Waals surface area contributed by atoms with E-state index in [1.165, 1.54) is 12.8 Å². The van der Waals surface area contributed by atoms with E-state index >= 15 is 0 Å². The SMILES string of the molecule is CCCCN(C)CC(O)CN. The molecule has 0 fully saturated rings. The number of nitrogens with zero attached hydrogens (tertiary/aromatic N) is 1. The maximum absolute atomic E-state index is 9.16. The average Bonchev–Trinajstić information content (AvgIpc) is 2.00. The Hall–Kier alpha value is -0.120. The third-order valence-corrected chi connectivity index (χ3v) is 1.69. The number of unbranched alkanes of at least 4 members (excludes halogenated alkanes) is 1. The summed E-state index contributed by atoms with van der Waals surface area (Å²) in [5, 5.41) is 9.16. The smallest absolute Gasteiger partial charge is 0.0788 e. The topological polar surface area (TPSA) is 49.5 Å². The second kappa shape index (κ2) is 6.58. The van der Waals surface area contributed by atoms with Gasteiger partial charge in [-0.15, -0.1) is 0 Å². The average molecular weight is 160 g/mol. The summed E-state index contributed by atoms with van der Waals surface area (Å²) < 4.78 is 0. The summed E-state index contributed by atoms with van der Waals surface area (Å²) in [7, 11) is 2.01. The van der Waals surface area contributed by atoms with Crippen molar-refractivity contribution in [3.63, 3.8) is 0 Å². The molecule has 0 aromatic carbocycles. The van der Waals surface area contributed by atoms with Crippen molar-refractivity contribution in [2.24, 2.45) is 5.73 Å². The fraction of sp³-hybridized carbons (Fsp3) is 1.00. The Labute approximate surface area is 69.2 Å². The van der Waals surface area contributed by atoms with E-state index in [9.17, 15) is 0 Å². The Morgan fingerprint density at radius 1 is 1.55 bits per heavy atom. The molecule has 3 nitrogen and oxygen atoms in total. The molecule has 0 amide bonds. The lowest BCUT2D eigenvalue weighted by Crippen LogP contribution is -2.34. The Balaban J connectivity index is 3.27. The van der Waals surface area contributed by atoms with Gasteiger partial charge in [0.2, 0.25) is 0 Å². The van der Waals surface area contributed by atoms with Crippen molar-refractivity contribution >= 4 is 0 Å². The lowest BCUT2D eigenvalue weighted by molar-refractivity contribution is 0.132. The first-order chi connectivity index (χ1) is 5.20. The van der Waals surface area contributed by atoms with E-state index in [1.54, 1.807) is 0 Å². The van der Waals surface area contributed by atoms with Crippen LogP contribution in [-0.4, -0.2) is 42.8 Å². The van der Waals surface area contributed by atoms with Gasteiger partial charge in [0, 0.05) is 13.1 Å². The molecule has 1 unspecified atom stereocenters. The van der Waals surface area contributed by atoms with Crippen LogP contribution in [0.3, 0.4) is 0 Å². The second-order valence-corrected chi connectivity index (χ2v) is 3.01. The standard InChI is InChI=1S/C8H20N2O/c1-3-4-5-10(2)7-8(11)6-9/h8,11H,3-7,9H2,1-2H3. The normalized spacial score (nSPS) is 13.9. The molecule has 0 heterocycles. The highest BCUT2D eigenvalue weighted by molar-refractivity contribution is 4.60. The first-order valence-corrected chi connectivity index (χ1v) is 4.27. The van der Waals surface area contributed by atoms with Crippen LogP contribution >= 0.6 is 0 Å². The lowest BCUT2D eigenvalue weighted by Gasteiger charge is -2.18. The number of hydrogen-bond donors (Lipinski definition) is 2. The van der Waals surface area contributed by atoms with Crippen molar-refractivity contribution in [2.75, 3.05) is 26.7 Å². The van der Waals surface area contributed by atoms with Gasteiger partial charge in [0.25, 0.3) is 0 Å². The van der Waals surface area contributed by atoms with Gasteiger partial charge in [-0.05, 0) is 20.0 Å². The molecular weight excluding hydrogens is 140 g/mol. The Morgan fingerprint density at radius 3 is 2.64 bits per heavy atom. The summed E-state index contributed by atoms with van der Waals surface area (Å²) in [5.41, 5.74) is 5.27. The van der Waals surface area contributed by atoms with Gasteiger partial charge in [-0.3, -0.25) is 0 Å². The van der Waals surface area contributed by atoms with Gasteiger partial charge in [-0.2, -0.15) is 0 Å². The van der Waals surface area contributed by atoms with Crippen LogP contribution in [-0.2, 0) is 0 Å². The maximum atomic E-state index is 9.16. The molecule has 0 rings (SSSR count). The van der Waals surface area contributed by atoms with Crippen molar-refractivity contribution in [2.45, 2.75) is 25.9 Å². The lowest BCUT2D eigenvalue weighted by atomic mass is 10.3. The van der Waals surface area contributed by atoms with Crippen LogP contribution in [0.5, 0.6) is 0 Å². The van der Waals surface area contributed by atoms with Gasteiger partial charge in [-0.1, -0.05) is 13.3 Å². The van der Waals surface area contributed by atoms with Crippen LogP contribution in [0.4, 0.5) is 0 Å². The molecule has 0 radical (unpaired) electrons. The summed E-state index contributed by atoms with van der Waals surface area (Å²) in [6.45, 7) is 4.26. The predicted molar refractivity (Wildman–Crippen MR) is 47.5 cm³/mol. The van der Waals surface area contributed by atoms with E-state index in [1.807, 2.05) is 7.05 Å². The Morgan fingerprint density at radius 2 is 2.18 bits per heavy atom. The molecule has 0 saturated carbocycles. The quantitative estimate of drug-likeness (QED) is 0.576. The molecule has 0 aliphatic carbocycles. The summed E-state index contributed by atoms with van der Waals surface area (Å²) in [6.07, 6.45) is 2.02. The fourth-order valence-corrected chi connectivity index (χ4v) is 0.954. The minimum Gasteiger partial charge on any atom is -0.390 e. The van der Waals surface area contributed by atoms with Gasteiger partial charge in [0.1, 0.15) is 0 Å². The predicted octanol–water partition coefficient (Wildman–Crippen LogP) is 0.0379. The molecule has 0 bridgehead atoms. The van der Waals surface area contributed by atoms with Crippen LogP contribution < -0.4 is 5.73 Å². The zero-order chi connectivity index (χ0) is 8.69. The zero-order valence-corrected chi connectivity index (χ0v) is 7.58. The molecule has 0 aromatic rings. The summed E-state index contributed by atoms with van der Waals surface area (Å²) in [4.78, 5) is 2.11. The van der Waals surface area contributed by atoms with Crippen LogP contribution in [0.2, 0.25) is 0 Å². The largest absolute Gasteiger partial charge is 0.390 e. The van der Waals surface area contributed by atoms with Gasteiger partial charge >= 0.3 is 0 Å². The van der Waals surface area contributed by atoms with Gasteiger partial charge in [0.05, 0.1) is 6.10 Å². The van der Waals surface area contributed by atoms with Crippen LogP contribution in [0, 0.1) is 0 Å². The summed E-state index contributed by atoms with van der Waals surface area (Å²) in [6, 6.07) is 0. The molecule has 68 valence electrons. The van der Waals surface area contributed by atoms with E-state index in [0.29, 0.717) is 13.1 Å². The van der Waals surface area contributed by atoms with Crippen molar-refractivity contribution in [3.8, 4) is 0 Å². The highest BCUT2D eigenvalue weighted by atomic mass is 16.3. The number of rotatable bonds is 6. The Kier molecular flexibility index (Phi) is 6.51. The molecule has 3 heteroatoms. The number of aliphatic hydroxyl groups excluding tert-OH is 1. The van der Waals surface area contributed by atoms with Crippen molar-refractivity contribution in [3.05, 3.63) is 0 Å². The highest BCUT2D eigenvalue weighted by Crippen LogP contribution is 1.92. The van der Waals surface area contributed by atoms with Gasteiger partial charge < -0.3 is 15.7 Å². The monoisotopic (exact) mass is 160 g/mol. The van der Waals surface area contributed by atoms with Crippen molar-refractivity contribution < 1.29 is 5.11 Å². The zero-order valence-electron chi connectivity index (χ0n) is 7.58. The fourth-order valence-electron chi connectivity index (χ4n) is 0.954. The van der Waals surface area contributed by atoms with Gasteiger partial charge in [0.15, 0.2) is 0 Å². The number of hydrogen-bond acceptors (Lipinski definition) is 3. The third kappa shape index (κ3) is 6.28. The highest BCUT2D eigenvalue weighted by Gasteiger charge is 2.04. The molecule has 0 aromatic heterocycles. The van der Waals surface area contributed by atoms with Crippen molar-refractivity contribution in [1.82, 2.24) is 4.90 Å². The summed E-state index contributed by atoms with van der Waals surface area (Å²) in [5.74, 6) is 0. The molecule has 3 N–H and O–H groups in total. The van der Waals surface area contributed by atoms with Crippen LogP contribution in [0.15, 0.2) is 0 Å². The van der Waals surface area contributed by atoms with E-state index in [0.717, 1.165) is 6.54 Å². The number of aliphatic hydroxyl groups is 1. The summed E-state index contributed by atoms with van der Waals surface area (Å²) >= 11 is 0. The van der Waals surface area contributed by atoms with E-state index in [4.69, 9.17) is 10.8 Å². The molecule has 1 atom stereocenters. The third-order valence-electron chi connectivity index (χ3n) is 1.69. The van der Waals surface area contributed by atoms with Crippen LogP contribution in [0.25, 0.3) is 0 Å². The number of likely N-dealkylation sites (N-methyl/N-ethyl adjacent to an activating group) is 1. The van der Waals surface area contributed by atoms with E-state index in [-0.39, 0.29) is 6.10 Å². The molecule has 0 saturated heterocycles. The Bertz CT molecular complexity index is 88.2. The van der Waals surface area contributed by atoms with E-state index in [2.05, 4.69) is 11.8 Å².